The molecule has 7 rings (SSSR count). The van der Waals surface area contributed by atoms with E-state index in [1.807, 2.05) is 0 Å². The Kier molecular flexibility index (Phi) is 4.13. The van der Waals surface area contributed by atoms with Gasteiger partial charge in [-0.1, -0.05) is 115 Å². The molecule has 5 aromatic carbocycles. The minimum Gasteiger partial charge on any atom is -0.0843 e. The summed E-state index contributed by atoms with van der Waals surface area (Å²) in [4.78, 5) is 0. The Labute approximate surface area is 199 Å². The number of benzene rings is 5. The maximum Gasteiger partial charge on any atom is 0.0412 e. The fourth-order valence-corrected chi connectivity index (χ4v) is 6.25. The van der Waals surface area contributed by atoms with Crippen molar-refractivity contribution in [3.63, 3.8) is 0 Å². The van der Waals surface area contributed by atoms with E-state index in [-0.39, 0.29) is 11.8 Å². The molecule has 1 heteroatoms. The number of rotatable bonds is 2. The van der Waals surface area contributed by atoms with Crippen molar-refractivity contribution in [3.05, 3.63) is 154 Å². The number of hydrogen-bond acceptors (Lipinski definition) is 0. The first-order valence-electron chi connectivity index (χ1n) is 11.5. The summed E-state index contributed by atoms with van der Waals surface area (Å²) in [5.74, 6) is 0.392. The van der Waals surface area contributed by atoms with Crippen LogP contribution in [0.15, 0.2) is 115 Å². The molecule has 2 aliphatic carbocycles. The van der Waals surface area contributed by atoms with Crippen LogP contribution in [0.5, 0.6) is 0 Å². The molecule has 0 atom stereocenters. The van der Waals surface area contributed by atoms with Gasteiger partial charge in [-0.15, -0.1) is 0 Å². The molecule has 0 fully saturated rings. The quantitative estimate of drug-likeness (QED) is 0.252. The second-order valence-electron chi connectivity index (χ2n) is 9.03. The Morgan fingerprint density at radius 2 is 0.697 bits per heavy atom. The average Bonchev–Trinajstić information content (AvgIpc) is 3.37. The zero-order valence-corrected chi connectivity index (χ0v) is 18.8. The van der Waals surface area contributed by atoms with E-state index in [1.54, 1.807) is 0 Å². The van der Waals surface area contributed by atoms with Crippen LogP contribution < -0.4 is 0 Å². The molecule has 0 nitrogen and oxygen atoms in total. The highest BCUT2D eigenvalue weighted by Crippen LogP contribution is 2.51. The molecule has 5 aromatic rings. The first-order valence-corrected chi connectivity index (χ1v) is 11.8. The van der Waals surface area contributed by atoms with Crippen LogP contribution in [0.1, 0.15) is 45.2 Å². The molecule has 0 aromatic heterocycles. The van der Waals surface area contributed by atoms with Crippen molar-refractivity contribution in [2.24, 2.45) is 0 Å². The lowest BCUT2D eigenvalue weighted by molar-refractivity contribution is 0.973. The topological polar surface area (TPSA) is 0 Å². The smallest absolute Gasteiger partial charge is 0.0412 e. The third-order valence-corrected chi connectivity index (χ3v) is 7.49. The average molecular weight is 441 g/mol. The highest BCUT2D eigenvalue weighted by molar-refractivity contribution is 6.30. The summed E-state index contributed by atoms with van der Waals surface area (Å²) in [6, 6.07) is 41.8. The van der Waals surface area contributed by atoms with Crippen LogP contribution in [-0.2, 0) is 0 Å². The first-order chi connectivity index (χ1) is 16.3. The standard InChI is InChI=1S/C32H21Cl/c33-22-18-20(31-27-13-5-1-9-23(27)24-10-2-6-14-28(24)31)17-21(19-22)32-29-15-7-3-11-25(29)26-12-4-8-16-30(26)32/h1-19,31-32H. The Hall–Kier alpha value is -3.61. The van der Waals surface area contributed by atoms with Crippen LogP contribution in [0.3, 0.4) is 0 Å². The molecule has 0 heterocycles. The van der Waals surface area contributed by atoms with Crippen LogP contribution in [0.25, 0.3) is 22.3 Å². The summed E-state index contributed by atoms with van der Waals surface area (Å²) < 4.78 is 0. The molecule has 0 unspecified atom stereocenters. The van der Waals surface area contributed by atoms with E-state index in [4.69, 9.17) is 11.6 Å². The van der Waals surface area contributed by atoms with Gasteiger partial charge < -0.3 is 0 Å². The van der Waals surface area contributed by atoms with Crippen LogP contribution in [0, 0.1) is 0 Å². The Bertz CT molecular complexity index is 1340. The van der Waals surface area contributed by atoms with Crippen LogP contribution in [0.2, 0.25) is 5.02 Å². The fraction of sp³-hybridized carbons (Fsp3) is 0.0625. The summed E-state index contributed by atoms with van der Waals surface area (Å²) in [7, 11) is 0. The molecule has 0 saturated carbocycles. The van der Waals surface area contributed by atoms with E-state index < -0.39 is 0 Å². The van der Waals surface area contributed by atoms with E-state index in [0.29, 0.717) is 0 Å². The maximum absolute atomic E-state index is 6.82. The van der Waals surface area contributed by atoms with Gasteiger partial charge >= 0.3 is 0 Å². The second kappa shape index (κ2) is 7.20. The molecule has 2 aliphatic rings. The van der Waals surface area contributed by atoms with Gasteiger partial charge in [-0.3, -0.25) is 0 Å². The zero-order valence-electron chi connectivity index (χ0n) is 18.0. The normalized spacial score (nSPS) is 14.0. The molecule has 0 spiro atoms. The largest absolute Gasteiger partial charge is 0.0843 e. The Morgan fingerprint density at radius 1 is 0.394 bits per heavy atom. The number of halogens is 1. The molecule has 0 radical (unpaired) electrons. The maximum atomic E-state index is 6.82. The van der Waals surface area contributed by atoms with E-state index in [2.05, 4.69) is 115 Å². The molecule has 156 valence electrons. The van der Waals surface area contributed by atoms with Crippen molar-refractivity contribution < 1.29 is 0 Å². The summed E-state index contributed by atoms with van der Waals surface area (Å²) >= 11 is 6.82. The summed E-state index contributed by atoms with van der Waals surface area (Å²) in [6.07, 6.45) is 0. The van der Waals surface area contributed by atoms with E-state index in [1.165, 1.54) is 55.6 Å². The monoisotopic (exact) mass is 440 g/mol. The SMILES string of the molecule is Clc1cc(C2c3ccccc3-c3ccccc32)cc(C2c3ccccc3-c3ccccc32)c1. The van der Waals surface area contributed by atoms with Gasteiger partial charge in [0.15, 0.2) is 0 Å². The summed E-state index contributed by atoms with van der Waals surface area (Å²) in [5, 5.41) is 0.797. The van der Waals surface area contributed by atoms with Crippen molar-refractivity contribution in [1.29, 1.82) is 0 Å². The van der Waals surface area contributed by atoms with Gasteiger partial charge in [0, 0.05) is 16.9 Å². The van der Waals surface area contributed by atoms with Gasteiger partial charge in [-0.2, -0.15) is 0 Å². The van der Waals surface area contributed by atoms with Crippen molar-refractivity contribution in [1.82, 2.24) is 0 Å². The van der Waals surface area contributed by atoms with Crippen LogP contribution in [0.4, 0.5) is 0 Å². The van der Waals surface area contributed by atoms with Gasteiger partial charge in [0.25, 0.3) is 0 Å². The molecular formula is C32H21Cl. The van der Waals surface area contributed by atoms with Gasteiger partial charge in [-0.25, -0.2) is 0 Å². The van der Waals surface area contributed by atoms with Gasteiger partial charge in [-0.05, 0) is 67.8 Å². The van der Waals surface area contributed by atoms with Crippen molar-refractivity contribution in [2.75, 3.05) is 0 Å². The number of hydrogen-bond donors (Lipinski definition) is 0. The van der Waals surface area contributed by atoms with Crippen molar-refractivity contribution >= 4 is 11.6 Å². The Morgan fingerprint density at radius 3 is 1.03 bits per heavy atom. The van der Waals surface area contributed by atoms with Crippen LogP contribution >= 0.6 is 11.6 Å². The fourth-order valence-electron chi connectivity index (χ4n) is 6.00. The summed E-state index contributed by atoms with van der Waals surface area (Å²) in [6.45, 7) is 0. The molecule has 0 N–H and O–H groups in total. The lowest BCUT2D eigenvalue weighted by atomic mass is 9.84. The predicted octanol–water partition coefficient (Wildman–Crippen LogP) is 8.66. The molecule has 33 heavy (non-hydrogen) atoms. The predicted molar refractivity (Wildman–Crippen MR) is 137 cm³/mol. The van der Waals surface area contributed by atoms with E-state index in [9.17, 15) is 0 Å². The van der Waals surface area contributed by atoms with Gasteiger partial charge in [0.05, 0.1) is 0 Å². The first kappa shape index (κ1) is 18.9. The third kappa shape index (κ3) is 2.78. The highest BCUT2D eigenvalue weighted by Gasteiger charge is 2.33. The third-order valence-electron chi connectivity index (χ3n) is 7.28. The minimum atomic E-state index is 0.196. The lowest BCUT2D eigenvalue weighted by Crippen LogP contribution is -2.04. The highest BCUT2D eigenvalue weighted by atomic mass is 35.5. The van der Waals surface area contributed by atoms with Crippen molar-refractivity contribution in [3.8, 4) is 22.3 Å². The molecule has 0 aliphatic heterocycles. The minimum absolute atomic E-state index is 0.196. The molecular weight excluding hydrogens is 420 g/mol. The van der Waals surface area contributed by atoms with Gasteiger partial charge in [0.1, 0.15) is 0 Å². The van der Waals surface area contributed by atoms with E-state index in [0.717, 1.165) is 5.02 Å². The van der Waals surface area contributed by atoms with Gasteiger partial charge in [0.2, 0.25) is 0 Å². The second-order valence-corrected chi connectivity index (χ2v) is 9.47. The zero-order chi connectivity index (χ0) is 21.9. The van der Waals surface area contributed by atoms with E-state index >= 15 is 0 Å². The number of fused-ring (bicyclic) bond motifs is 6. The lowest BCUT2D eigenvalue weighted by Gasteiger charge is -2.20. The molecule has 0 saturated heterocycles. The Balaban J connectivity index is 1.44. The summed E-state index contributed by atoms with van der Waals surface area (Å²) in [5.41, 5.74) is 13.3. The molecule has 0 bridgehead atoms. The molecule has 0 amide bonds. The van der Waals surface area contributed by atoms with Crippen LogP contribution in [-0.4, -0.2) is 0 Å². The van der Waals surface area contributed by atoms with Crippen molar-refractivity contribution in [2.45, 2.75) is 11.8 Å².